The van der Waals surface area contributed by atoms with Gasteiger partial charge in [-0.15, -0.1) is 0 Å². The number of amides is 1. The third-order valence-corrected chi connectivity index (χ3v) is 5.15. The molecule has 0 saturated heterocycles. The van der Waals surface area contributed by atoms with Crippen molar-refractivity contribution in [2.75, 3.05) is 12.4 Å². The molecule has 1 amide bonds. The minimum absolute atomic E-state index is 0.169. The van der Waals surface area contributed by atoms with E-state index in [0.717, 1.165) is 27.9 Å². The molecule has 0 aromatic heterocycles. The summed E-state index contributed by atoms with van der Waals surface area (Å²) in [5, 5.41) is 15.7. The van der Waals surface area contributed by atoms with Crippen molar-refractivity contribution in [2.45, 2.75) is 32.2 Å². The largest absolute Gasteiger partial charge is 0.487 e. The number of carbonyl (C=O) groups excluding carboxylic acids is 2. The van der Waals surface area contributed by atoms with E-state index in [4.69, 9.17) is 9.47 Å². The van der Waals surface area contributed by atoms with Gasteiger partial charge >= 0.3 is 5.97 Å². The summed E-state index contributed by atoms with van der Waals surface area (Å²) in [5.74, 6) is -0.0987. The van der Waals surface area contributed by atoms with Crippen LogP contribution in [-0.2, 0) is 32.2 Å². The van der Waals surface area contributed by atoms with E-state index >= 15 is 0 Å². The van der Waals surface area contributed by atoms with Gasteiger partial charge in [0.2, 0.25) is 0 Å². The second-order valence-corrected chi connectivity index (χ2v) is 7.11. The van der Waals surface area contributed by atoms with Crippen molar-refractivity contribution in [2.24, 2.45) is 0 Å². The summed E-state index contributed by atoms with van der Waals surface area (Å²) in [6.45, 7) is 2.29. The Balaban J connectivity index is 1.59. The molecule has 2 aromatic rings. The molecule has 0 bridgehead atoms. The van der Waals surface area contributed by atoms with Gasteiger partial charge in [0.05, 0.1) is 18.8 Å². The van der Waals surface area contributed by atoms with E-state index in [0.29, 0.717) is 24.5 Å². The number of benzene rings is 2. The molecule has 0 spiro atoms. The molecule has 2 aliphatic heterocycles. The minimum atomic E-state index is -0.877. The molecule has 2 heterocycles. The lowest BCUT2D eigenvalue weighted by molar-refractivity contribution is -0.145. The normalized spacial score (nSPS) is 19.1. The van der Waals surface area contributed by atoms with Crippen LogP contribution in [0.15, 0.2) is 42.5 Å². The van der Waals surface area contributed by atoms with Gasteiger partial charge in [-0.25, -0.2) is 0 Å². The number of nitrogens with one attached hydrogen (secondary N) is 2. The van der Waals surface area contributed by atoms with Gasteiger partial charge in [-0.3, -0.25) is 14.9 Å². The Morgan fingerprint density at radius 2 is 2.07 bits per heavy atom. The zero-order valence-electron chi connectivity index (χ0n) is 16.2. The summed E-state index contributed by atoms with van der Waals surface area (Å²) in [7, 11) is 1.29. The second-order valence-electron chi connectivity index (χ2n) is 7.11. The Morgan fingerprint density at radius 3 is 2.83 bits per heavy atom. The van der Waals surface area contributed by atoms with E-state index in [1.54, 1.807) is 0 Å². The third kappa shape index (κ3) is 3.50. The van der Waals surface area contributed by atoms with Crippen LogP contribution >= 0.6 is 0 Å². The molecular formula is C22H22N2O5. The first-order valence-corrected chi connectivity index (χ1v) is 9.39. The maximum absolute atomic E-state index is 12.5. The van der Waals surface area contributed by atoms with Crippen molar-refractivity contribution in [3.63, 3.8) is 0 Å². The fourth-order valence-electron chi connectivity index (χ4n) is 3.68. The average Bonchev–Trinajstić information content (AvgIpc) is 3.26. The predicted octanol–water partition coefficient (Wildman–Crippen LogP) is 2.05. The van der Waals surface area contributed by atoms with E-state index < -0.39 is 18.1 Å². The Kier molecular flexibility index (Phi) is 5.08. The van der Waals surface area contributed by atoms with Crippen LogP contribution in [0.5, 0.6) is 0 Å². The van der Waals surface area contributed by atoms with Crippen molar-refractivity contribution < 1.29 is 24.2 Å². The average molecular weight is 394 g/mol. The van der Waals surface area contributed by atoms with Crippen LogP contribution < -0.4 is 10.6 Å². The highest BCUT2D eigenvalue weighted by Gasteiger charge is 2.32. The van der Waals surface area contributed by atoms with Gasteiger partial charge < -0.3 is 19.9 Å². The summed E-state index contributed by atoms with van der Waals surface area (Å²) < 4.78 is 10.6. The summed E-state index contributed by atoms with van der Waals surface area (Å²) in [6.07, 6.45) is -0.877. The molecule has 2 aromatic carbocycles. The Labute approximate surface area is 168 Å². The number of carbonyl (C=O) groups is 2. The van der Waals surface area contributed by atoms with Crippen LogP contribution in [0, 0.1) is 0 Å². The highest BCUT2D eigenvalue weighted by atomic mass is 16.5. The lowest BCUT2D eigenvalue weighted by Gasteiger charge is -2.19. The first-order valence-electron chi connectivity index (χ1n) is 9.39. The zero-order valence-corrected chi connectivity index (χ0v) is 16.2. The number of rotatable bonds is 5. The number of para-hydroxylation sites is 1. The molecule has 2 aliphatic rings. The van der Waals surface area contributed by atoms with E-state index in [1.807, 2.05) is 42.5 Å². The number of esters is 1. The summed E-state index contributed by atoms with van der Waals surface area (Å²) in [6, 6.07) is 12.5. The Hall–Kier alpha value is -3.16. The Bertz CT molecular complexity index is 1010. The summed E-state index contributed by atoms with van der Waals surface area (Å²) >= 11 is 0. The van der Waals surface area contributed by atoms with E-state index in [1.165, 1.54) is 14.0 Å². The lowest BCUT2D eigenvalue weighted by Crippen LogP contribution is -2.45. The van der Waals surface area contributed by atoms with Crippen LogP contribution in [0.25, 0.3) is 11.3 Å². The maximum Gasteiger partial charge on any atom is 0.325 e. The molecular weight excluding hydrogens is 372 g/mol. The van der Waals surface area contributed by atoms with Crippen molar-refractivity contribution in [3.8, 4) is 0 Å². The molecule has 7 nitrogen and oxygen atoms in total. The van der Waals surface area contributed by atoms with E-state index in [9.17, 15) is 14.7 Å². The number of aliphatic hydroxyl groups excluding tert-OH is 1. The molecule has 4 rings (SSSR count). The molecule has 3 N–H and O–H groups in total. The van der Waals surface area contributed by atoms with Crippen molar-refractivity contribution in [3.05, 3.63) is 64.7 Å². The highest BCUT2D eigenvalue weighted by molar-refractivity contribution is 6.36. The van der Waals surface area contributed by atoms with Crippen LogP contribution in [0.2, 0.25) is 0 Å². The molecule has 2 unspecified atom stereocenters. The first-order chi connectivity index (χ1) is 14.0. The van der Waals surface area contributed by atoms with Crippen molar-refractivity contribution in [1.82, 2.24) is 5.32 Å². The van der Waals surface area contributed by atoms with Crippen LogP contribution in [0.1, 0.15) is 29.2 Å². The number of hydrogen-bond acceptors (Lipinski definition) is 6. The number of aliphatic hydroxyl groups is 1. The van der Waals surface area contributed by atoms with Gasteiger partial charge in [0, 0.05) is 28.9 Å². The molecule has 150 valence electrons. The minimum Gasteiger partial charge on any atom is -0.487 e. The van der Waals surface area contributed by atoms with Gasteiger partial charge in [-0.1, -0.05) is 36.4 Å². The van der Waals surface area contributed by atoms with Gasteiger partial charge in [0.15, 0.2) is 0 Å². The van der Waals surface area contributed by atoms with Gasteiger partial charge in [0.25, 0.3) is 5.91 Å². The van der Waals surface area contributed by atoms with Crippen molar-refractivity contribution in [1.29, 1.82) is 0 Å². The van der Waals surface area contributed by atoms with E-state index in [2.05, 4.69) is 10.6 Å². The van der Waals surface area contributed by atoms with E-state index in [-0.39, 0.29) is 5.91 Å². The fourth-order valence-corrected chi connectivity index (χ4v) is 3.68. The van der Waals surface area contributed by atoms with Gasteiger partial charge in [-0.2, -0.15) is 0 Å². The van der Waals surface area contributed by atoms with Crippen molar-refractivity contribution >= 4 is 28.9 Å². The van der Waals surface area contributed by atoms with Crippen LogP contribution in [-0.4, -0.2) is 36.2 Å². The van der Waals surface area contributed by atoms with Gasteiger partial charge in [-0.05, 0) is 18.6 Å². The summed E-state index contributed by atoms with van der Waals surface area (Å²) in [5.41, 5.74) is 4.95. The fraction of sp³-hybridized carbons (Fsp3) is 0.273. The van der Waals surface area contributed by atoms with Gasteiger partial charge in [0.1, 0.15) is 18.4 Å². The quantitative estimate of drug-likeness (QED) is 0.531. The molecule has 0 radical (unpaired) electrons. The zero-order chi connectivity index (χ0) is 20.5. The molecule has 2 atom stereocenters. The predicted molar refractivity (Wildman–Crippen MR) is 107 cm³/mol. The molecule has 29 heavy (non-hydrogen) atoms. The SMILES string of the molecule is COC(=O)C(NCc1ccc2c(c1)COC2=C1C(=O)Nc2ccccc21)C(C)O. The highest BCUT2D eigenvalue weighted by Crippen LogP contribution is 2.41. The number of ether oxygens (including phenoxy) is 2. The smallest absolute Gasteiger partial charge is 0.325 e. The summed E-state index contributed by atoms with van der Waals surface area (Å²) in [4.78, 5) is 24.3. The number of anilines is 1. The van der Waals surface area contributed by atoms with Crippen LogP contribution in [0.4, 0.5) is 5.69 Å². The molecule has 0 saturated carbocycles. The number of fused-ring (bicyclic) bond motifs is 2. The standard InChI is InChI=1S/C22H22N2O5/c1-12(25)19(22(27)28-2)23-10-13-7-8-15-14(9-13)11-29-20(15)18-16-5-3-4-6-17(16)24-21(18)26/h3-9,12,19,23,25H,10-11H2,1-2H3,(H,24,26). The van der Waals surface area contributed by atoms with Crippen LogP contribution in [0.3, 0.4) is 0 Å². The monoisotopic (exact) mass is 394 g/mol. The maximum atomic E-state index is 12.5. The first kappa shape index (κ1) is 19.2. The second kappa shape index (κ2) is 7.69. The third-order valence-electron chi connectivity index (χ3n) is 5.15. The number of methoxy groups -OCH3 is 1. The lowest BCUT2D eigenvalue weighted by atomic mass is 9.99. The molecule has 7 heteroatoms. The number of hydrogen-bond donors (Lipinski definition) is 3. The topological polar surface area (TPSA) is 96.9 Å². The molecule has 0 aliphatic carbocycles. The molecule has 0 fully saturated rings. The Morgan fingerprint density at radius 1 is 1.28 bits per heavy atom.